The number of carbonyl (C=O) groups excluding carboxylic acids is 3. The molecule has 1 heterocycles. The van der Waals surface area contributed by atoms with E-state index in [1.807, 2.05) is 0 Å². The lowest BCUT2D eigenvalue weighted by Gasteiger charge is -2.19. The zero-order valence-electron chi connectivity index (χ0n) is 22.9. The first-order valence-corrected chi connectivity index (χ1v) is 14.6. The molecule has 3 aromatic rings. The highest BCUT2D eigenvalue weighted by Gasteiger charge is 2.22. The Morgan fingerprint density at radius 2 is 1.79 bits per heavy atom. The van der Waals surface area contributed by atoms with Crippen LogP contribution in [0, 0.1) is 11.6 Å². The molecule has 0 spiro atoms. The molecular formula is C28H28ClF2N3O8S. The van der Waals surface area contributed by atoms with Crippen LogP contribution in [-0.2, 0) is 30.8 Å². The number of furan rings is 1. The predicted molar refractivity (Wildman–Crippen MR) is 152 cm³/mol. The summed E-state index contributed by atoms with van der Waals surface area (Å²) < 4.78 is 66.1. The summed E-state index contributed by atoms with van der Waals surface area (Å²) in [6.45, 7) is 2.76. The second-order valence-corrected chi connectivity index (χ2v) is 11.2. The van der Waals surface area contributed by atoms with Crippen LogP contribution in [-0.4, -0.2) is 51.4 Å². The Labute approximate surface area is 251 Å². The van der Waals surface area contributed by atoms with Crippen LogP contribution in [0.5, 0.6) is 0 Å². The molecule has 0 aliphatic carbocycles. The second kappa shape index (κ2) is 14.9. The highest BCUT2D eigenvalue weighted by Crippen LogP contribution is 2.29. The molecule has 0 saturated carbocycles. The molecule has 2 atom stereocenters. The molecule has 0 saturated heterocycles. The van der Waals surface area contributed by atoms with Gasteiger partial charge in [-0.25, -0.2) is 31.9 Å². The fourth-order valence-corrected chi connectivity index (χ4v) is 4.88. The van der Waals surface area contributed by atoms with Gasteiger partial charge in [0, 0.05) is 23.7 Å². The van der Waals surface area contributed by atoms with Gasteiger partial charge in [0.2, 0.25) is 10.0 Å². The highest BCUT2D eigenvalue weighted by atomic mass is 35.5. The van der Waals surface area contributed by atoms with Crippen LogP contribution in [0.15, 0.2) is 70.2 Å². The molecule has 0 aliphatic rings. The second-order valence-electron chi connectivity index (χ2n) is 9.25. The van der Waals surface area contributed by atoms with Gasteiger partial charge in [-0.2, -0.15) is 0 Å². The van der Waals surface area contributed by atoms with Gasteiger partial charge in [0.25, 0.3) is 0 Å². The van der Waals surface area contributed by atoms with E-state index in [4.69, 9.17) is 30.6 Å². The van der Waals surface area contributed by atoms with E-state index < -0.39 is 56.4 Å². The fraction of sp³-hybridized carbons (Fsp3) is 0.250. The monoisotopic (exact) mass is 639 g/mol. The normalized spacial score (nSPS) is 13.0. The Hall–Kier alpha value is -4.11. The van der Waals surface area contributed by atoms with Gasteiger partial charge in [0.15, 0.2) is 5.78 Å². The lowest BCUT2D eigenvalue weighted by molar-refractivity contribution is -0.138. The number of benzene rings is 2. The topological polar surface area (TPSA) is 167 Å². The molecule has 0 fully saturated rings. The van der Waals surface area contributed by atoms with Gasteiger partial charge in [0.1, 0.15) is 35.5 Å². The number of ketones is 1. The number of halogens is 3. The van der Waals surface area contributed by atoms with Gasteiger partial charge in [-0.1, -0.05) is 11.6 Å². The van der Waals surface area contributed by atoms with E-state index in [0.29, 0.717) is 11.8 Å². The van der Waals surface area contributed by atoms with Crippen molar-refractivity contribution in [1.82, 2.24) is 5.32 Å². The van der Waals surface area contributed by atoms with Crippen molar-refractivity contribution in [3.8, 4) is 0 Å². The molecule has 0 radical (unpaired) electrons. The lowest BCUT2D eigenvalue weighted by atomic mass is 10.0. The number of anilines is 1. The van der Waals surface area contributed by atoms with E-state index in [-0.39, 0.29) is 41.6 Å². The zero-order valence-corrected chi connectivity index (χ0v) is 24.5. The number of carbonyl (C=O) groups is 3. The number of hydrogen-bond acceptors (Lipinski definition) is 10. The minimum atomic E-state index is -4.26. The van der Waals surface area contributed by atoms with E-state index in [1.165, 1.54) is 25.3 Å². The first kappa shape index (κ1) is 33.4. The van der Waals surface area contributed by atoms with Crippen molar-refractivity contribution in [2.24, 2.45) is 5.14 Å². The highest BCUT2D eigenvalue weighted by molar-refractivity contribution is 7.89. The molecule has 15 heteroatoms. The maximum Gasteiger partial charge on any atom is 0.340 e. The van der Waals surface area contributed by atoms with E-state index in [1.54, 1.807) is 19.1 Å². The Bertz CT molecular complexity index is 1590. The van der Waals surface area contributed by atoms with Gasteiger partial charge >= 0.3 is 11.9 Å². The third-order valence-corrected chi connectivity index (χ3v) is 7.12. The van der Waals surface area contributed by atoms with Crippen LogP contribution in [0.1, 0.15) is 40.3 Å². The summed E-state index contributed by atoms with van der Waals surface area (Å²) in [6, 6.07) is 6.72. The Morgan fingerprint density at radius 1 is 1.09 bits per heavy atom. The van der Waals surface area contributed by atoms with Crippen molar-refractivity contribution < 1.29 is 45.5 Å². The van der Waals surface area contributed by atoms with Crippen molar-refractivity contribution in [3.05, 3.63) is 94.4 Å². The predicted octanol–water partition coefficient (Wildman–Crippen LogP) is 3.98. The van der Waals surface area contributed by atoms with E-state index in [2.05, 4.69) is 10.6 Å². The zero-order chi connectivity index (χ0) is 31.7. The number of ether oxygens (including phenoxy) is 2. The number of esters is 2. The molecule has 2 aromatic carbocycles. The molecule has 3 rings (SSSR count). The molecule has 0 bridgehead atoms. The summed E-state index contributed by atoms with van der Waals surface area (Å²) >= 11 is 6.06. The van der Waals surface area contributed by atoms with Gasteiger partial charge in [-0.15, -0.1) is 0 Å². The van der Waals surface area contributed by atoms with Crippen molar-refractivity contribution in [2.75, 3.05) is 18.5 Å². The minimum absolute atomic E-state index is 0.140. The molecule has 0 aliphatic heterocycles. The van der Waals surface area contributed by atoms with Crippen LogP contribution in [0.2, 0.25) is 5.02 Å². The third-order valence-electron chi connectivity index (χ3n) is 5.75. The fourth-order valence-electron chi connectivity index (χ4n) is 3.78. The number of primary sulfonamides is 1. The van der Waals surface area contributed by atoms with Crippen molar-refractivity contribution in [3.63, 3.8) is 0 Å². The maximum atomic E-state index is 13.4. The first-order chi connectivity index (χ1) is 20.2. The minimum Gasteiger partial charge on any atom is -0.467 e. The SMILES string of the molecule is CC(COC(=O)C=CCOC(=O)c1cc(S(N)(=O)=O)c(Cl)cc1NCc1ccco1)N[C@@H](C)C(=O)c1cc(F)cc(F)c1. The maximum absolute atomic E-state index is 13.4. The summed E-state index contributed by atoms with van der Waals surface area (Å²) in [5.74, 6) is -3.48. The third kappa shape index (κ3) is 9.99. The largest absolute Gasteiger partial charge is 0.467 e. The van der Waals surface area contributed by atoms with Crippen LogP contribution >= 0.6 is 11.6 Å². The summed E-state index contributed by atoms with van der Waals surface area (Å²) in [6.07, 6.45) is 3.67. The van der Waals surface area contributed by atoms with Gasteiger partial charge in [-0.05, 0) is 56.3 Å². The van der Waals surface area contributed by atoms with E-state index in [0.717, 1.165) is 24.3 Å². The number of sulfonamides is 1. The Kier molecular flexibility index (Phi) is 11.5. The Balaban J connectivity index is 1.53. The number of rotatable bonds is 14. The molecule has 1 aromatic heterocycles. The lowest BCUT2D eigenvalue weighted by Crippen LogP contribution is -2.42. The first-order valence-electron chi connectivity index (χ1n) is 12.6. The smallest absolute Gasteiger partial charge is 0.340 e. The molecule has 11 nitrogen and oxygen atoms in total. The molecule has 4 N–H and O–H groups in total. The quantitative estimate of drug-likeness (QED) is 0.133. The van der Waals surface area contributed by atoms with Gasteiger partial charge < -0.3 is 24.5 Å². The van der Waals surface area contributed by atoms with E-state index in [9.17, 15) is 31.6 Å². The van der Waals surface area contributed by atoms with Crippen LogP contribution < -0.4 is 15.8 Å². The molecule has 43 heavy (non-hydrogen) atoms. The average Bonchev–Trinajstić information content (AvgIpc) is 3.45. The number of nitrogens with two attached hydrogens (primary N) is 1. The van der Waals surface area contributed by atoms with Crippen molar-refractivity contribution in [1.29, 1.82) is 0 Å². The molecular weight excluding hydrogens is 612 g/mol. The number of hydrogen-bond donors (Lipinski definition) is 3. The van der Waals surface area contributed by atoms with Crippen LogP contribution in [0.4, 0.5) is 14.5 Å². The summed E-state index contributed by atoms with van der Waals surface area (Å²) in [4.78, 5) is 36.8. The number of nitrogens with one attached hydrogen (secondary N) is 2. The van der Waals surface area contributed by atoms with Gasteiger partial charge in [0.05, 0.1) is 35.1 Å². The Morgan fingerprint density at radius 3 is 2.42 bits per heavy atom. The summed E-state index contributed by atoms with van der Waals surface area (Å²) in [5.41, 5.74) is -0.168. The number of Topliss-reactive ketones (excluding diaryl/α,β-unsaturated/α-hetero) is 1. The van der Waals surface area contributed by atoms with Crippen molar-refractivity contribution in [2.45, 2.75) is 37.4 Å². The van der Waals surface area contributed by atoms with Crippen LogP contribution in [0.25, 0.3) is 0 Å². The average molecular weight is 640 g/mol. The molecule has 230 valence electrons. The van der Waals surface area contributed by atoms with Gasteiger partial charge in [-0.3, -0.25) is 4.79 Å². The summed E-state index contributed by atoms with van der Waals surface area (Å²) in [7, 11) is -4.26. The van der Waals surface area contributed by atoms with Crippen molar-refractivity contribution >= 4 is 45.0 Å². The van der Waals surface area contributed by atoms with Crippen LogP contribution in [0.3, 0.4) is 0 Å². The standard InChI is InChI=1S/C28H28ClF2N3O8S/c1-16(34-17(2)27(36)18-9-19(30)11-20(31)10-18)15-42-26(35)6-4-8-41-28(37)22-12-25(43(32,38)39)23(29)13-24(22)33-14-21-5-3-7-40-21/h3-7,9-13,16-17,33-34H,8,14-15H2,1-2H3,(H2,32,38,39)/t16?,17-/m0/s1. The molecule has 0 amide bonds. The summed E-state index contributed by atoms with van der Waals surface area (Å²) in [5, 5.41) is 10.8. The van der Waals surface area contributed by atoms with E-state index >= 15 is 0 Å². The molecule has 1 unspecified atom stereocenters.